The summed E-state index contributed by atoms with van der Waals surface area (Å²) in [6, 6.07) is 33.2. The van der Waals surface area contributed by atoms with Gasteiger partial charge in [-0.25, -0.2) is 0 Å². The molecule has 3 aromatic rings. The van der Waals surface area contributed by atoms with Crippen LogP contribution in [0.15, 0.2) is 91.0 Å². The molecule has 0 unspecified atom stereocenters. The first-order valence-corrected chi connectivity index (χ1v) is 17.5. The van der Waals surface area contributed by atoms with Crippen molar-refractivity contribution in [2.45, 2.75) is 43.4 Å². The van der Waals surface area contributed by atoms with E-state index < -0.39 is 15.4 Å². The molecule has 3 aromatic carbocycles. The lowest BCUT2D eigenvalue weighted by atomic mass is 10.2. The first kappa shape index (κ1) is 22.5. The molecule has 0 spiro atoms. The zero-order valence-corrected chi connectivity index (χ0v) is 22.0. The van der Waals surface area contributed by atoms with Crippen LogP contribution in [-0.2, 0) is 4.43 Å². The minimum atomic E-state index is -2.51. The molecule has 0 aliphatic rings. The fourth-order valence-electron chi connectivity index (χ4n) is 4.38. The summed E-state index contributed by atoms with van der Waals surface area (Å²) >= 11 is 2.52. The third-order valence-corrected chi connectivity index (χ3v) is 21.1. The first-order chi connectivity index (χ1) is 13.9. The maximum atomic E-state index is 7.34. The van der Waals surface area contributed by atoms with Crippen LogP contribution in [-0.4, -0.2) is 25.5 Å². The summed E-state index contributed by atoms with van der Waals surface area (Å²) in [5.41, 5.74) is 0. The molecule has 4 heteroatoms. The molecule has 0 N–H and O–H groups in total. The molecule has 0 amide bonds. The highest BCUT2D eigenvalue weighted by Gasteiger charge is 2.55. The van der Waals surface area contributed by atoms with E-state index in [0.717, 1.165) is 6.42 Å². The number of hydrogen-bond donors (Lipinski definition) is 0. The van der Waals surface area contributed by atoms with Gasteiger partial charge in [-0.05, 0) is 23.7 Å². The van der Waals surface area contributed by atoms with Gasteiger partial charge in [0.25, 0.3) is 0 Å². The molecule has 0 saturated heterocycles. The van der Waals surface area contributed by atoms with Crippen LogP contribution in [0, 0.1) is 0 Å². The predicted octanol–water partition coefficient (Wildman–Crippen LogP) is 5.06. The molecule has 0 aliphatic carbocycles. The molecular weight excluding hydrogens is 499 g/mol. The molecule has 0 aromatic heterocycles. The maximum absolute atomic E-state index is 7.34. The highest BCUT2D eigenvalue weighted by atomic mass is 127. The van der Waals surface area contributed by atoms with E-state index in [-0.39, 0.29) is 6.10 Å². The summed E-state index contributed by atoms with van der Waals surface area (Å²) in [6.07, 6.45) is 1.28. The Balaban J connectivity index is 2.28. The van der Waals surface area contributed by atoms with E-state index in [2.05, 4.69) is 141 Å². The van der Waals surface area contributed by atoms with Crippen LogP contribution in [0.25, 0.3) is 0 Å². The zero-order valence-electron chi connectivity index (χ0n) is 17.8. The van der Waals surface area contributed by atoms with Crippen LogP contribution in [0.4, 0.5) is 0 Å². The van der Waals surface area contributed by atoms with Crippen LogP contribution < -0.4 is 15.6 Å². The maximum Gasteiger partial charge on any atom is 0.245 e. The summed E-state index contributed by atoms with van der Waals surface area (Å²) in [6.45, 7) is 9.55. The van der Waals surface area contributed by atoms with Crippen LogP contribution >= 0.6 is 22.6 Å². The van der Waals surface area contributed by atoms with Gasteiger partial charge in [-0.2, -0.15) is 0 Å². The van der Waals surface area contributed by atoms with Gasteiger partial charge in [0.05, 0.1) is 0 Å². The lowest BCUT2D eigenvalue weighted by Gasteiger charge is -2.46. The number of rotatable bonds is 8. The molecule has 0 saturated carbocycles. The molecule has 1 nitrogen and oxygen atoms in total. The highest BCUT2D eigenvalue weighted by Crippen LogP contribution is 2.25. The zero-order chi connectivity index (χ0) is 20.9. The van der Waals surface area contributed by atoms with E-state index in [1.165, 1.54) is 15.6 Å². The van der Waals surface area contributed by atoms with E-state index in [1.807, 2.05) is 0 Å². The smallest absolute Gasteiger partial charge is 0.245 e. The minimum absolute atomic E-state index is 0.212. The average Bonchev–Trinajstić information content (AvgIpc) is 2.73. The Morgan fingerprint density at radius 1 is 0.690 bits per heavy atom. The number of benzene rings is 3. The van der Waals surface area contributed by atoms with Crippen molar-refractivity contribution in [2.75, 3.05) is 0 Å². The molecule has 0 bridgehead atoms. The second-order valence-corrected chi connectivity index (χ2v) is 22.9. The van der Waals surface area contributed by atoms with E-state index in [9.17, 15) is 0 Å². The van der Waals surface area contributed by atoms with Crippen LogP contribution in [0.2, 0.25) is 13.1 Å². The number of halogens is 1. The van der Waals surface area contributed by atoms with Gasteiger partial charge >= 0.3 is 0 Å². The second kappa shape index (κ2) is 9.73. The number of hydrogen-bond acceptors (Lipinski definition) is 1. The van der Waals surface area contributed by atoms with E-state index in [1.54, 1.807) is 0 Å². The fraction of sp³-hybridized carbons (Fsp3) is 0.280. The third-order valence-electron chi connectivity index (χ3n) is 5.77. The Labute approximate surface area is 191 Å². The SMILES string of the molecule is C[C@H](C[C@@H](C)I)O[Si](c1ccccc1)(c1ccccc1)[Si](C)(C)c1ccccc1. The van der Waals surface area contributed by atoms with Gasteiger partial charge < -0.3 is 4.43 Å². The topological polar surface area (TPSA) is 9.23 Å². The standard InChI is InChI=1S/C25H31IOSi2/c1-21(26)20-22(2)27-29(24-16-10-6-11-17-24,25-18-12-7-13-19-25)28(3,4)23-14-8-5-9-15-23/h5-19,21-22H,20H2,1-4H3/t21-,22-/m1/s1. The molecule has 0 fully saturated rings. The molecule has 152 valence electrons. The summed E-state index contributed by atoms with van der Waals surface area (Å²) in [4.78, 5) is 0. The van der Waals surface area contributed by atoms with Crippen LogP contribution in [0.5, 0.6) is 0 Å². The quantitative estimate of drug-likeness (QED) is 0.225. The Morgan fingerprint density at radius 3 is 1.45 bits per heavy atom. The Bertz CT molecular complexity index is 843. The van der Waals surface area contributed by atoms with E-state index in [0.29, 0.717) is 3.92 Å². The highest BCUT2D eigenvalue weighted by molar-refractivity contribution is 14.1. The summed E-state index contributed by atoms with van der Waals surface area (Å²) in [7, 11) is -4.55. The Hall–Kier alpha value is -1.22. The lowest BCUT2D eigenvalue weighted by Crippen LogP contribution is -2.80. The van der Waals surface area contributed by atoms with E-state index in [4.69, 9.17) is 4.43 Å². The molecule has 0 heterocycles. The molecule has 3 rings (SSSR count). The lowest BCUT2D eigenvalue weighted by molar-refractivity contribution is 0.216. The molecule has 0 radical (unpaired) electrons. The normalized spacial score (nSPS) is 14.4. The van der Waals surface area contributed by atoms with Crippen molar-refractivity contribution >= 4 is 53.6 Å². The summed E-state index contributed by atoms with van der Waals surface area (Å²) in [5.74, 6) is 0. The second-order valence-electron chi connectivity index (χ2n) is 8.35. The van der Waals surface area contributed by atoms with Gasteiger partial charge in [-0.15, -0.1) is 0 Å². The van der Waals surface area contributed by atoms with Crippen molar-refractivity contribution in [1.82, 2.24) is 0 Å². The van der Waals surface area contributed by atoms with Gasteiger partial charge in [-0.3, -0.25) is 0 Å². The van der Waals surface area contributed by atoms with Crippen molar-refractivity contribution in [3.8, 4) is 0 Å². The first-order valence-electron chi connectivity index (χ1n) is 10.4. The fourth-order valence-corrected chi connectivity index (χ4v) is 19.4. The van der Waals surface area contributed by atoms with Crippen molar-refractivity contribution in [3.05, 3.63) is 91.0 Å². The largest absolute Gasteiger partial charge is 0.408 e. The van der Waals surface area contributed by atoms with Gasteiger partial charge in [0, 0.05) is 10.0 Å². The van der Waals surface area contributed by atoms with Gasteiger partial charge in [0.1, 0.15) is 7.59 Å². The van der Waals surface area contributed by atoms with Crippen LogP contribution in [0.1, 0.15) is 20.3 Å². The number of alkyl halides is 1. The van der Waals surface area contributed by atoms with Gasteiger partial charge in [0.15, 0.2) is 0 Å². The van der Waals surface area contributed by atoms with Crippen molar-refractivity contribution in [3.63, 3.8) is 0 Å². The molecule has 2 atom stereocenters. The molecule has 0 aliphatic heterocycles. The Morgan fingerprint density at radius 2 is 1.07 bits per heavy atom. The molecular formula is C25H31IOSi2. The van der Waals surface area contributed by atoms with Gasteiger partial charge in [0.2, 0.25) is 7.83 Å². The van der Waals surface area contributed by atoms with E-state index >= 15 is 0 Å². The third kappa shape index (κ3) is 4.76. The van der Waals surface area contributed by atoms with Crippen molar-refractivity contribution < 1.29 is 4.43 Å². The van der Waals surface area contributed by atoms with Gasteiger partial charge in [-0.1, -0.05) is 139 Å². The monoisotopic (exact) mass is 530 g/mol. The minimum Gasteiger partial charge on any atom is -0.408 e. The van der Waals surface area contributed by atoms with Crippen LogP contribution in [0.3, 0.4) is 0 Å². The predicted molar refractivity (Wildman–Crippen MR) is 140 cm³/mol. The van der Waals surface area contributed by atoms with Crippen molar-refractivity contribution in [2.24, 2.45) is 0 Å². The average molecular weight is 531 g/mol. The van der Waals surface area contributed by atoms with Crippen molar-refractivity contribution in [1.29, 1.82) is 0 Å². The Kier molecular flexibility index (Phi) is 7.54. The summed E-state index contributed by atoms with van der Waals surface area (Å²) < 4.78 is 7.92. The summed E-state index contributed by atoms with van der Waals surface area (Å²) in [5, 5.41) is 4.24. The molecule has 29 heavy (non-hydrogen) atoms.